The average molecular weight is 297 g/mol. The highest BCUT2D eigenvalue weighted by molar-refractivity contribution is 6.33. The highest BCUT2D eigenvalue weighted by atomic mass is 35.5. The zero-order valence-electron chi connectivity index (χ0n) is 10.0. The van der Waals surface area contributed by atoms with Crippen LogP contribution in [0.1, 0.15) is 5.56 Å². The lowest BCUT2D eigenvalue weighted by molar-refractivity contribution is -0.137. The summed E-state index contributed by atoms with van der Waals surface area (Å²) in [5.74, 6) is 0.425. The van der Waals surface area contributed by atoms with E-state index in [1.54, 1.807) is 28.8 Å². The van der Waals surface area contributed by atoms with Gasteiger partial charge in [-0.25, -0.2) is 4.98 Å². The molecule has 0 saturated heterocycles. The molecule has 20 heavy (non-hydrogen) atoms. The summed E-state index contributed by atoms with van der Waals surface area (Å²) in [5, 5.41) is 0.498. The molecule has 0 bridgehead atoms. The number of aromatic nitrogens is 2. The second-order valence-corrected chi connectivity index (χ2v) is 4.68. The lowest BCUT2D eigenvalue weighted by Gasteiger charge is -2.08. The number of halogens is 4. The van der Waals surface area contributed by atoms with Gasteiger partial charge in [0.25, 0.3) is 0 Å². The van der Waals surface area contributed by atoms with E-state index in [-0.39, 0.29) is 0 Å². The van der Waals surface area contributed by atoms with Gasteiger partial charge in [0.1, 0.15) is 5.82 Å². The highest BCUT2D eigenvalue weighted by Gasteiger charge is 2.30. The van der Waals surface area contributed by atoms with Crippen molar-refractivity contribution in [2.24, 2.45) is 0 Å². The van der Waals surface area contributed by atoms with Crippen LogP contribution in [0.5, 0.6) is 0 Å². The molecule has 102 valence electrons. The van der Waals surface area contributed by atoms with Crippen molar-refractivity contribution in [3.05, 3.63) is 59.4 Å². The summed E-state index contributed by atoms with van der Waals surface area (Å²) in [6, 6.07) is 8.49. The fourth-order valence-corrected chi connectivity index (χ4v) is 2.25. The number of imidazole rings is 1. The quantitative estimate of drug-likeness (QED) is 0.637. The second kappa shape index (κ2) is 4.52. The van der Waals surface area contributed by atoms with Gasteiger partial charge in [0.15, 0.2) is 0 Å². The maximum atomic E-state index is 12.7. The van der Waals surface area contributed by atoms with Crippen LogP contribution in [0.4, 0.5) is 13.2 Å². The summed E-state index contributed by atoms with van der Waals surface area (Å²) in [6.07, 6.45) is -1.12. The Morgan fingerprint density at radius 1 is 1.10 bits per heavy atom. The average Bonchev–Trinajstić information content (AvgIpc) is 2.83. The molecule has 0 atom stereocenters. The number of rotatable bonds is 1. The molecule has 0 amide bonds. The van der Waals surface area contributed by atoms with E-state index in [2.05, 4.69) is 4.98 Å². The molecule has 0 N–H and O–H groups in total. The Balaban J connectivity index is 2.19. The molecule has 0 saturated carbocycles. The Morgan fingerprint density at radius 2 is 1.90 bits per heavy atom. The minimum atomic E-state index is -4.37. The van der Waals surface area contributed by atoms with E-state index in [1.807, 2.05) is 0 Å². The van der Waals surface area contributed by atoms with Crippen molar-refractivity contribution >= 4 is 17.1 Å². The standard InChI is InChI=1S/C14H8ClF3N2/c15-11-5-2-6-20-12(11)8-19-13(20)9-3-1-4-10(7-9)14(16,17)18/h1-8H. The van der Waals surface area contributed by atoms with Crippen LogP contribution >= 0.6 is 11.6 Å². The third kappa shape index (κ3) is 2.14. The van der Waals surface area contributed by atoms with Crippen molar-refractivity contribution in [3.8, 4) is 11.4 Å². The Bertz CT molecular complexity index is 777. The molecule has 2 aromatic heterocycles. The Kier molecular flexibility index (Phi) is 2.94. The fourth-order valence-electron chi connectivity index (χ4n) is 2.04. The van der Waals surface area contributed by atoms with E-state index in [0.29, 0.717) is 21.9 Å². The van der Waals surface area contributed by atoms with Gasteiger partial charge in [-0.2, -0.15) is 13.2 Å². The number of benzene rings is 1. The van der Waals surface area contributed by atoms with Crippen molar-refractivity contribution in [2.75, 3.05) is 0 Å². The number of fused-ring (bicyclic) bond motifs is 1. The normalized spacial score (nSPS) is 12.0. The zero-order chi connectivity index (χ0) is 14.3. The van der Waals surface area contributed by atoms with Crippen LogP contribution in [0.15, 0.2) is 48.8 Å². The van der Waals surface area contributed by atoms with Gasteiger partial charge in [-0.15, -0.1) is 0 Å². The van der Waals surface area contributed by atoms with E-state index >= 15 is 0 Å². The molecule has 0 radical (unpaired) electrons. The molecule has 0 fully saturated rings. The summed E-state index contributed by atoms with van der Waals surface area (Å²) < 4.78 is 39.9. The van der Waals surface area contributed by atoms with Crippen LogP contribution in [-0.2, 0) is 6.18 Å². The maximum absolute atomic E-state index is 12.7. The van der Waals surface area contributed by atoms with E-state index in [1.165, 1.54) is 12.3 Å². The number of pyridine rings is 1. The predicted molar refractivity (Wildman–Crippen MR) is 70.6 cm³/mol. The molecule has 0 aliphatic carbocycles. The van der Waals surface area contributed by atoms with Gasteiger partial charge in [0.2, 0.25) is 0 Å². The van der Waals surface area contributed by atoms with Gasteiger partial charge in [-0.1, -0.05) is 23.7 Å². The van der Waals surface area contributed by atoms with Gasteiger partial charge in [-0.05, 0) is 24.3 Å². The highest BCUT2D eigenvalue weighted by Crippen LogP contribution is 2.32. The van der Waals surface area contributed by atoms with Crippen LogP contribution in [0.2, 0.25) is 5.02 Å². The van der Waals surface area contributed by atoms with Gasteiger partial charge in [-0.3, -0.25) is 4.40 Å². The van der Waals surface area contributed by atoms with E-state index in [9.17, 15) is 13.2 Å². The first kappa shape index (κ1) is 13.0. The summed E-state index contributed by atoms with van der Waals surface area (Å²) in [6.45, 7) is 0. The van der Waals surface area contributed by atoms with Crippen molar-refractivity contribution in [1.29, 1.82) is 0 Å². The number of nitrogens with zero attached hydrogens (tertiary/aromatic N) is 2. The van der Waals surface area contributed by atoms with Gasteiger partial charge in [0.05, 0.1) is 22.3 Å². The topological polar surface area (TPSA) is 17.3 Å². The van der Waals surface area contributed by atoms with Crippen molar-refractivity contribution in [1.82, 2.24) is 9.38 Å². The summed E-state index contributed by atoms with van der Waals surface area (Å²) in [7, 11) is 0. The third-order valence-electron chi connectivity index (χ3n) is 2.97. The molecule has 0 aliphatic rings. The molecule has 2 heterocycles. The first-order valence-electron chi connectivity index (χ1n) is 5.76. The lowest BCUT2D eigenvalue weighted by Crippen LogP contribution is -2.04. The van der Waals surface area contributed by atoms with Gasteiger partial charge in [0, 0.05) is 11.8 Å². The van der Waals surface area contributed by atoms with Gasteiger partial charge < -0.3 is 0 Å². The SMILES string of the molecule is FC(F)(F)c1cccc(-c2ncc3c(Cl)cccn23)c1. The zero-order valence-corrected chi connectivity index (χ0v) is 10.8. The third-order valence-corrected chi connectivity index (χ3v) is 3.29. The molecule has 6 heteroatoms. The van der Waals surface area contributed by atoms with E-state index in [4.69, 9.17) is 11.6 Å². The molecule has 2 nitrogen and oxygen atoms in total. The number of hydrogen-bond acceptors (Lipinski definition) is 1. The largest absolute Gasteiger partial charge is 0.416 e. The van der Waals surface area contributed by atoms with Crippen LogP contribution in [-0.4, -0.2) is 9.38 Å². The van der Waals surface area contributed by atoms with Crippen LogP contribution in [0, 0.1) is 0 Å². The Labute approximate surface area is 117 Å². The lowest BCUT2D eigenvalue weighted by atomic mass is 10.1. The molecule has 3 aromatic rings. The molecule has 1 aromatic carbocycles. The number of hydrogen-bond donors (Lipinski definition) is 0. The summed E-state index contributed by atoms with van der Waals surface area (Å²) >= 11 is 6.02. The monoisotopic (exact) mass is 296 g/mol. The van der Waals surface area contributed by atoms with Crippen molar-refractivity contribution in [3.63, 3.8) is 0 Å². The van der Waals surface area contributed by atoms with E-state index in [0.717, 1.165) is 12.1 Å². The first-order chi connectivity index (χ1) is 9.47. The van der Waals surface area contributed by atoms with Crippen LogP contribution in [0.25, 0.3) is 16.9 Å². The smallest absolute Gasteiger partial charge is 0.298 e. The van der Waals surface area contributed by atoms with E-state index < -0.39 is 11.7 Å². The van der Waals surface area contributed by atoms with Crippen molar-refractivity contribution < 1.29 is 13.2 Å². The molecular weight excluding hydrogens is 289 g/mol. The minimum absolute atomic E-state index is 0.391. The second-order valence-electron chi connectivity index (χ2n) is 4.27. The molecule has 0 aliphatic heterocycles. The minimum Gasteiger partial charge on any atom is -0.298 e. The summed E-state index contributed by atoms with van der Waals surface area (Å²) in [4.78, 5) is 4.16. The molecular formula is C14H8ClF3N2. The Morgan fingerprint density at radius 3 is 2.65 bits per heavy atom. The molecule has 0 unspecified atom stereocenters. The van der Waals surface area contributed by atoms with Gasteiger partial charge >= 0.3 is 6.18 Å². The van der Waals surface area contributed by atoms with Crippen LogP contribution in [0.3, 0.4) is 0 Å². The van der Waals surface area contributed by atoms with Crippen molar-refractivity contribution in [2.45, 2.75) is 6.18 Å². The molecule has 3 rings (SSSR count). The molecule has 0 spiro atoms. The summed E-state index contributed by atoms with van der Waals surface area (Å²) in [5.41, 5.74) is 0.345. The number of alkyl halides is 3. The fraction of sp³-hybridized carbons (Fsp3) is 0.0714. The first-order valence-corrected chi connectivity index (χ1v) is 6.14. The Hall–Kier alpha value is -2.01. The predicted octanol–water partition coefficient (Wildman–Crippen LogP) is 4.67. The van der Waals surface area contributed by atoms with Crippen LogP contribution < -0.4 is 0 Å². The maximum Gasteiger partial charge on any atom is 0.416 e.